The summed E-state index contributed by atoms with van der Waals surface area (Å²) >= 11 is 5.86. The second kappa shape index (κ2) is 2.93. The quantitative estimate of drug-likeness (QED) is 0.613. The molecule has 14 heavy (non-hydrogen) atoms. The number of hydrogen-bond donors (Lipinski definition) is 0. The second-order valence-electron chi connectivity index (χ2n) is 4.50. The molecule has 0 amide bonds. The first-order valence-electron chi connectivity index (χ1n) is 5.32. The number of aromatic nitrogens is 2. The number of halogens is 1. The van der Waals surface area contributed by atoms with Crippen LogP contribution in [0.4, 0.5) is 0 Å². The first-order valence-corrected chi connectivity index (χ1v) is 5.70. The summed E-state index contributed by atoms with van der Waals surface area (Å²) in [5, 5.41) is 0.414. The minimum atomic E-state index is 0.377. The Hall–Kier alpha value is -0.630. The number of rotatable bonds is 0. The van der Waals surface area contributed by atoms with E-state index in [0.29, 0.717) is 10.7 Å². The summed E-state index contributed by atoms with van der Waals surface area (Å²) in [7, 11) is 0. The summed E-state index contributed by atoms with van der Waals surface area (Å²) < 4.78 is 0. The Labute approximate surface area is 88.7 Å². The second-order valence-corrected chi connectivity index (χ2v) is 4.84. The maximum absolute atomic E-state index is 5.86. The van der Waals surface area contributed by atoms with Crippen LogP contribution < -0.4 is 0 Å². The third kappa shape index (κ3) is 1.10. The van der Waals surface area contributed by atoms with Crippen molar-refractivity contribution >= 4 is 11.6 Å². The summed E-state index contributed by atoms with van der Waals surface area (Å²) in [6.45, 7) is 0. The average molecular weight is 209 g/mol. The topological polar surface area (TPSA) is 25.8 Å². The summed E-state index contributed by atoms with van der Waals surface area (Å²) in [5.74, 6) is 0. The monoisotopic (exact) mass is 208 g/mol. The molecule has 0 aliphatic heterocycles. The highest BCUT2D eigenvalue weighted by atomic mass is 35.5. The van der Waals surface area contributed by atoms with Gasteiger partial charge < -0.3 is 0 Å². The van der Waals surface area contributed by atoms with E-state index in [1.807, 2.05) is 6.20 Å². The van der Waals surface area contributed by atoms with Crippen molar-refractivity contribution in [2.24, 2.45) is 0 Å². The molecular formula is C11H13ClN2. The normalized spacial score (nSPS) is 22.9. The van der Waals surface area contributed by atoms with E-state index >= 15 is 0 Å². The molecule has 3 rings (SSSR count). The Balaban J connectivity index is 2.12. The number of nitrogens with zero attached hydrogens (tertiary/aromatic N) is 2. The lowest BCUT2D eigenvalue weighted by Gasteiger charge is -2.22. The predicted molar refractivity (Wildman–Crippen MR) is 55.5 cm³/mol. The van der Waals surface area contributed by atoms with E-state index in [9.17, 15) is 0 Å². The van der Waals surface area contributed by atoms with Gasteiger partial charge in [-0.2, -0.15) is 0 Å². The van der Waals surface area contributed by atoms with Crippen LogP contribution in [0.5, 0.6) is 0 Å². The molecule has 2 aliphatic rings. The van der Waals surface area contributed by atoms with Crippen molar-refractivity contribution in [2.75, 3.05) is 0 Å². The maximum atomic E-state index is 5.86. The van der Waals surface area contributed by atoms with Crippen molar-refractivity contribution in [3.05, 3.63) is 22.7 Å². The van der Waals surface area contributed by atoms with E-state index in [2.05, 4.69) is 9.97 Å². The summed E-state index contributed by atoms with van der Waals surface area (Å²) in [4.78, 5) is 8.50. The Morgan fingerprint density at radius 1 is 1.21 bits per heavy atom. The van der Waals surface area contributed by atoms with Crippen molar-refractivity contribution in [2.45, 2.75) is 43.9 Å². The van der Waals surface area contributed by atoms with Gasteiger partial charge in [0.2, 0.25) is 5.28 Å². The van der Waals surface area contributed by atoms with Gasteiger partial charge in [0.05, 0.1) is 5.69 Å². The number of hydrogen-bond acceptors (Lipinski definition) is 2. The zero-order valence-electron chi connectivity index (χ0n) is 8.09. The third-order valence-electron chi connectivity index (χ3n) is 3.77. The molecule has 74 valence electrons. The molecule has 1 heterocycles. The van der Waals surface area contributed by atoms with Crippen LogP contribution in [0.2, 0.25) is 5.28 Å². The van der Waals surface area contributed by atoms with Gasteiger partial charge in [0.25, 0.3) is 0 Å². The number of fused-ring (bicyclic) bond motifs is 2. The van der Waals surface area contributed by atoms with Crippen LogP contribution in [0.25, 0.3) is 0 Å². The molecule has 1 spiro atoms. The Kier molecular flexibility index (Phi) is 1.81. The van der Waals surface area contributed by atoms with E-state index in [0.717, 1.165) is 6.42 Å². The van der Waals surface area contributed by atoms with Gasteiger partial charge in [-0.3, -0.25) is 0 Å². The molecular weight excluding hydrogens is 196 g/mol. The maximum Gasteiger partial charge on any atom is 0.222 e. The van der Waals surface area contributed by atoms with Gasteiger partial charge in [-0.25, -0.2) is 9.97 Å². The molecule has 0 unspecified atom stereocenters. The van der Waals surface area contributed by atoms with Crippen LogP contribution >= 0.6 is 11.6 Å². The third-order valence-corrected chi connectivity index (χ3v) is 3.95. The van der Waals surface area contributed by atoms with Gasteiger partial charge >= 0.3 is 0 Å². The van der Waals surface area contributed by atoms with Gasteiger partial charge in [0.15, 0.2) is 0 Å². The van der Waals surface area contributed by atoms with Gasteiger partial charge in [-0.05, 0) is 42.8 Å². The van der Waals surface area contributed by atoms with Crippen LogP contribution in [-0.4, -0.2) is 9.97 Å². The van der Waals surface area contributed by atoms with E-state index in [1.54, 1.807) is 0 Å². The van der Waals surface area contributed by atoms with Crippen LogP contribution in [-0.2, 0) is 11.8 Å². The molecule has 1 aromatic heterocycles. The van der Waals surface area contributed by atoms with Gasteiger partial charge in [-0.1, -0.05) is 12.8 Å². The van der Waals surface area contributed by atoms with Crippen molar-refractivity contribution in [3.8, 4) is 0 Å². The lowest BCUT2D eigenvalue weighted by molar-refractivity contribution is 0.428. The minimum absolute atomic E-state index is 0.377. The molecule has 3 heteroatoms. The summed E-state index contributed by atoms with van der Waals surface area (Å²) in [6.07, 6.45) is 9.62. The van der Waals surface area contributed by atoms with Crippen molar-refractivity contribution in [1.29, 1.82) is 0 Å². The van der Waals surface area contributed by atoms with Crippen molar-refractivity contribution in [3.63, 3.8) is 0 Å². The first-order chi connectivity index (χ1) is 6.80. The molecule has 0 N–H and O–H groups in total. The van der Waals surface area contributed by atoms with Crippen LogP contribution in [0.15, 0.2) is 6.20 Å². The lowest BCUT2D eigenvalue weighted by atomic mass is 9.84. The number of aryl methyl sites for hydroxylation is 1. The summed E-state index contributed by atoms with van der Waals surface area (Å²) in [6, 6.07) is 0. The van der Waals surface area contributed by atoms with Crippen molar-refractivity contribution in [1.82, 2.24) is 9.97 Å². The SMILES string of the molecule is Clc1ncc2c(n1)C1(CCCC1)CC2. The first kappa shape index (κ1) is 8.66. The van der Waals surface area contributed by atoms with Crippen LogP contribution in [0, 0.1) is 0 Å². The molecule has 1 fully saturated rings. The Morgan fingerprint density at radius 2 is 2.00 bits per heavy atom. The van der Waals surface area contributed by atoms with Gasteiger partial charge in [0.1, 0.15) is 0 Å². The smallest absolute Gasteiger partial charge is 0.222 e. The molecule has 0 saturated heterocycles. The van der Waals surface area contributed by atoms with Gasteiger partial charge in [-0.15, -0.1) is 0 Å². The molecule has 0 aromatic carbocycles. The highest BCUT2D eigenvalue weighted by Gasteiger charge is 2.42. The van der Waals surface area contributed by atoms with Gasteiger partial charge in [0, 0.05) is 11.6 Å². The predicted octanol–water partition coefficient (Wildman–Crippen LogP) is 2.89. The van der Waals surface area contributed by atoms with E-state index < -0.39 is 0 Å². The fourth-order valence-corrected chi connectivity index (χ4v) is 3.19. The minimum Gasteiger partial charge on any atom is -0.226 e. The lowest BCUT2D eigenvalue weighted by Crippen LogP contribution is -2.19. The Bertz CT molecular complexity index is 370. The van der Waals surface area contributed by atoms with Crippen LogP contribution in [0.3, 0.4) is 0 Å². The van der Waals surface area contributed by atoms with E-state index in [4.69, 9.17) is 11.6 Å². The van der Waals surface area contributed by atoms with Crippen molar-refractivity contribution < 1.29 is 0 Å². The fraction of sp³-hybridized carbons (Fsp3) is 0.636. The average Bonchev–Trinajstić information content (AvgIpc) is 2.77. The molecule has 2 aliphatic carbocycles. The zero-order chi connectivity index (χ0) is 9.60. The highest BCUT2D eigenvalue weighted by Crippen LogP contribution is 2.49. The molecule has 2 nitrogen and oxygen atoms in total. The molecule has 1 saturated carbocycles. The summed E-state index contributed by atoms with van der Waals surface area (Å²) in [5.41, 5.74) is 2.97. The standard InChI is InChI=1S/C11H13ClN2/c12-10-13-7-8-3-6-11(9(8)14-10)4-1-2-5-11/h7H,1-6H2. The molecule has 0 bridgehead atoms. The Morgan fingerprint density at radius 3 is 2.79 bits per heavy atom. The fourth-order valence-electron chi connectivity index (χ4n) is 3.06. The molecule has 1 aromatic rings. The molecule has 0 atom stereocenters. The van der Waals surface area contributed by atoms with Crippen LogP contribution in [0.1, 0.15) is 43.4 Å². The largest absolute Gasteiger partial charge is 0.226 e. The highest BCUT2D eigenvalue weighted by molar-refractivity contribution is 6.28. The molecule has 0 radical (unpaired) electrons. The van der Waals surface area contributed by atoms with E-state index in [-0.39, 0.29) is 0 Å². The zero-order valence-corrected chi connectivity index (χ0v) is 8.85. The van der Waals surface area contributed by atoms with E-state index in [1.165, 1.54) is 43.4 Å².